The predicted molar refractivity (Wildman–Crippen MR) is 143 cm³/mol. The summed E-state index contributed by atoms with van der Waals surface area (Å²) in [6, 6.07) is 11.7. The third-order valence-corrected chi connectivity index (χ3v) is 8.95. The maximum absolute atomic E-state index is 13.3. The number of carbonyl (C=O) groups excluding carboxylic acids is 2. The van der Waals surface area contributed by atoms with E-state index in [1.54, 1.807) is 24.3 Å². The zero-order valence-corrected chi connectivity index (χ0v) is 22.7. The maximum atomic E-state index is 13.3. The van der Waals surface area contributed by atoms with Crippen molar-refractivity contribution >= 4 is 21.8 Å². The van der Waals surface area contributed by atoms with E-state index in [4.69, 9.17) is 0 Å². The van der Waals surface area contributed by atoms with Crippen molar-refractivity contribution in [3.63, 3.8) is 0 Å². The first kappa shape index (κ1) is 27.3. The van der Waals surface area contributed by atoms with Crippen LogP contribution in [0.25, 0.3) is 0 Å². The lowest BCUT2D eigenvalue weighted by Crippen LogP contribution is -2.58. The minimum atomic E-state index is -3.92. The first-order chi connectivity index (χ1) is 17.6. The normalized spacial score (nSPS) is 20.4. The lowest BCUT2D eigenvalue weighted by molar-refractivity contribution is -0.132. The van der Waals surface area contributed by atoms with Gasteiger partial charge < -0.3 is 16.0 Å². The Kier molecular flexibility index (Phi) is 8.67. The number of fused-ring (bicyclic) bond motifs is 1. The smallest absolute Gasteiger partial charge is 0.243 e. The number of nitrogens with one attached hydrogen (secondary N) is 3. The third kappa shape index (κ3) is 6.58. The first-order valence-electron chi connectivity index (χ1n) is 13.1. The van der Waals surface area contributed by atoms with E-state index in [9.17, 15) is 18.0 Å². The summed E-state index contributed by atoms with van der Waals surface area (Å²) in [5.41, 5.74) is 4.50. The van der Waals surface area contributed by atoms with Crippen molar-refractivity contribution in [3.05, 3.63) is 64.7 Å². The summed E-state index contributed by atoms with van der Waals surface area (Å²) < 4.78 is 27.9. The molecule has 2 aliphatic rings. The van der Waals surface area contributed by atoms with Gasteiger partial charge in [-0.3, -0.25) is 9.59 Å². The summed E-state index contributed by atoms with van der Waals surface area (Å²) in [5.74, 6) is -0.183. The van der Waals surface area contributed by atoms with E-state index < -0.39 is 22.0 Å². The van der Waals surface area contributed by atoms with E-state index in [0.717, 1.165) is 43.5 Å². The summed E-state index contributed by atoms with van der Waals surface area (Å²) >= 11 is 0. The first-order valence-corrected chi connectivity index (χ1v) is 14.6. The Balaban J connectivity index is 1.45. The van der Waals surface area contributed by atoms with Crippen molar-refractivity contribution < 1.29 is 18.0 Å². The second-order valence-corrected chi connectivity index (χ2v) is 12.4. The Morgan fingerprint density at radius 1 is 1.16 bits per heavy atom. The van der Waals surface area contributed by atoms with E-state index in [1.807, 2.05) is 6.92 Å². The molecule has 8 nitrogen and oxygen atoms in total. The van der Waals surface area contributed by atoms with Gasteiger partial charge in [0.1, 0.15) is 6.04 Å². The van der Waals surface area contributed by atoms with Crippen LogP contribution >= 0.6 is 0 Å². The number of piperazine rings is 1. The molecule has 2 aromatic carbocycles. The van der Waals surface area contributed by atoms with Gasteiger partial charge in [-0.1, -0.05) is 49.7 Å². The minimum Gasteiger partial charge on any atom is -0.353 e. The molecule has 1 fully saturated rings. The topological polar surface area (TPSA) is 108 Å². The Morgan fingerprint density at radius 3 is 2.65 bits per heavy atom. The average Bonchev–Trinajstić information content (AvgIpc) is 2.85. The summed E-state index contributed by atoms with van der Waals surface area (Å²) in [6.07, 6.45) is 2.51. The molecule has 0 spiro atoms. The maximum Gasteiger partial charge on any atom is 0.243 e. The Bertz CT molecular complexity index is 1230. The number of hydrogen-bond acceptors (Lipinski definition) is 5. The number of rotatable bonds is 9. The molecule has 2 amide bonds. The number of sulfonamides is 1. The van der Waals surface area contributed by atoms with Gasteiger partial charge in [0.15, 0.2) is 0 Å². The molecule has 37 heavy (non-hydrogen) atoms. The molecule has 2 atom stereocenters. The summed E-state index contributed by atoms with van der Waals surface area (Å²) in [6.45, 7) is 8.35. The van der Waals surface area contributed by atoms with Crippen LogP contribution in [0.3, 0.4) is 0 Å². The van der Waals surface area contributed by atoms with E-state index in [0.29, 0.717) is 5.92 Å². The molecule has 0 saturated carbocycles. The highest BCUT2D eigenvalue weighted by molar-refractivity contribution is 7.89. The highest BCUT2D eigenvalue weighted by Gasteiger charge is 2.40. The SMILES string of the molecule is Cc1ccc(S(=O)(=O)N2CCNC(=O)C2CC(=O)N[C@@H]2CCCc3cc(CNCC(C)C)ccc32)cc1. The highest BCUT2D eigenvalue weighted by Crippen LogP contribution is 2.31. The van der Waals surface area contributed by atoms with Gasteiger partial charge in [0, 0.05) is 19.6 Å². The Hall–Kier alpha value is -2.75. The molecule has 9 heteroatoms. The lowest BCUT2D eigenvalue weighted by Gasteiger charge is -2.34. The van der Waals surface area contributed by atoms with Crippen molar-refractivity contribution in [1.29, 1.82) is 0 Å². The van der Waals surface area contributed by atoms with Crippen LogP contribution in [0.2, 0.25) is 0 Å². The van der Waals surface area contributed by atoms with Crippen LogP contribution in [0.5, 0.6) is 0 Å². The molecule has 3 N–H and O–H groups in total. The van der Waals surface area contributed by atoms with Crippen LogP contribution in [0, 0.1) is 12.8 Å². The van der Waals surface area contributed by atoms with Crippen LogP contribution in [0.1, 0.15) is 61.4 Å². The van der Waals surface area contributed by atoms with Crippen molar-refractivity contribution in [2.24, 2.45) is 5.92 Å². The summed E-state index contributed by atoms with van der Waals surface area (Å²) in [4.78, 5) is 26.0. The van der Waals surface area contributed by atoms with Crippen LogP contribution < -0.4 is 16.0 Å². The monoisotopic (exact) mass is 526 g/mol. The Morgan fingerprint density at radius 2 is 1.92 bits per heavy atom. The molecule has 2 aromatic rings. The molecular weight excluding hydrogens is 488 g/mol. The molecule has 200 valence electrons. The quantitative estimate of drug-likeness (QED) is 0.466. The van der Waals surface area contributed by atoms with Crippen LogP contribution in [0.4, 0.5) is 0 Å². The highest BCUT2D eigenvalue weighted by atomic mass is 32.2. The molecule has 0 radical (unpaired) electrons. The number of aryl methyl sites for hydroxylation is 2. The molecule has 0 aromatic heterocycles. The fraction of sp³-hybridized carbons (Fsp3) is 0.500. The van der Waals surface area contributed by atoms with Gasteiger partial charge in [-0.2, -0.15) is 4.31 Å². The predicted octanol–water partition coefficient (Wildman–Crippen LogP) is 2.81. The Labute approximate surface area is 220 Å². The van der Waals surface area contributed by atoms with Gasteiger partial charge in [-0.15, -0.1) is 0 Å². The zero-order valence-electron chi connectivity index (χ0n) is 21.9. The molecule has 1 heterocycles. The lowest BCUT2D eigenvalue weighted by atomic mass is 9.86. The molecule has 1 aliphatic heterocycles. The zero-order chi connectivity index (χ0) is 26.6. The van der Waals surface area contributed by atoms with Gasteiger partial charge in [-0.05, 0) is 67.5 Å². The summed E-state index contributed by atoms with van der Waals surface area (Å²) in [7, 11) is -3.92. The second-order valence-electron chi connectivity index (χ2n) is 10.5. The van der Waals surface area contributed by atoms with Gasteiger partial charge in [0.25, 0.3) is 0 Å². The second kappa shape index (κ2) is 11.8. The molecule has 1 saturated heterocycles. The number of benzene rings is 2. The average molecular weight is 527 g/mol. The summed E-state index contributed by atoms with van der Waals surface area (Å²) in [5, 5.41) is 9.27. The number of amides is 2. The van der Waals surface area contributed by atoms with Crippen LogP contribution in [0.15, 0.2) is 47.4 Å². The van der Waals surface area contributed by atoms with Crippen LogP contribution in [-0.4, -0.2) is 50.2 Å². The number of carbonyl (C=O) groups is 2. The molecule has 1 unspecified atom stereocenters. The van der Waals surface area contributed by atoms with Crippen molar-refractivity contribution in [2.75, 3.05) is 19.6 Å². The van der Waals surface area contributed by atoms with E-state index in [-0.39, 0.29) is 36.4 Å². The number of hydrogen-bond donors (Lipinski definition) is 3. The van der Waals surface area contributed by atoms with E-state index >= 15 is 0 Å². The largest absolute Gasteiger partial charge is 0.353 e. The van der Waals surface area contributed by atoms with E-state index in [2.05, 4.69) is 48.0 Å². The number of nitrogens with zero attached hydrogens (tertiary/aromatic N) is 1. The standard InChI is InChI=1S/C28H38N4O4S/c1-19(2)17-29-18-21-9-12-24-22(15-21)5-4-6-25(24)31-27(33)16-26-28(34)30-13-14-32(26)37(35,36)23-10-7-20(3)8-11-23/h7-12,15,19,25-26,29H,4-6,13-14,16-18H2,1-3H3,(H,30,34)(H,31,33)/t25-,26?/m1/s1. The van der Waals surface area contributed by atoms with Gasteiger partial charge in [0.2, 0.25) is 21.8 Å². The molecule has 0 bridgehead atoms. The molecule has 4 rings (SSSR count). The molecular formula is C28H38N4O4S. The van der Waals surface area contributed by atoms with Crippen molar-refractivity contribution in [1.82, 2.24) is 20.3 Å². The van der Waals surface area contributed by atoms with E-state index in [1.165, 1.54) is 15.4 Å². The third-order valence-electron chi connectivity index (χ3n) is 7.03. The van der Waals surface area contributed by atoms with Gasteiger partial charge in [-0.25, -0.2) is 8.42 Å². The van der Waals surface area contributed by atoms with Gasteiger partial charge in [0.05, 0.1) is 17.4 Å². The molecule has 1 aliphatic carbocycles. The fourth-order valence-corrected chi connectivity index (χ4v) is 6.67. The van der Waals surface area contributed by atoms with Gasteiger partial charge >= 0.3 is 0 Å². The van der Waals surface area contributed by atoms with Crippen LogP contribution in [-0.2, 0) is 32.6 Å². The van der Waals surface area contributed by atoms with Crippen molar-refractivity contribution in [3.8, 4) is 0 Å². The fourth-order valence-electron chi connectivity index (χ4n) is 5.08. The minimum absolute atomic E-state index is 0.123. The van der Waals surface area contributed by atoms with Crippen molar-refractivity contribution in [2.45, 2.75) is 70.0 Å².